The lowest BCUT2D eigenvalue weighted by molar-refractivity contribution is -0.112. The van der Waals surface area contributed by atoms with Crippen LogP contribution in [0.25, 0.3) is 0 Å². The van der Waals surface area contributed by atoms with Crippen molar-refractivity contribution in [2.24, 2.45) is 5.73 Å². The Labute approximate surface area is 147 Å². The Morgan fingerprint density at radius 1 is 1.42 bits per heavy atom. The second-order valence-corrected chi connectivity index (χ2v) is 6.81. The quantitative estimate of drug-likeness (QED) is 0.439. The zero-order chi connectivity index (χ0) is 17.5. The third kappa shape index (κ3) is 4.71. The third-order valence-electron chi connectivity index (χ3n) is 2.86. The number of anilines is 2. The number of nitrogens with one attached hydrogen (secondary N) is 1. The first-order valence-electron chi connectivity index (χ1n) is 6.80. The van der Waals surface area contributed by atoms with Gasteiger partial charge in [-0.3, -0.25) is 4.79 Å². The molecule has 0 saturated heterocycles. The molecular formula is C15H15N5O2S2. The molecule has 0 radical (unpaired) electrons. The maximum atomic E-state index is 11.9. The predicted molar refractivity (Wildman–Crippen MR) is 94.4 cm³/mol. The number of rotatable bonds is 7. The summed E-state index contributed by atoms with van der Waals surface area (Å²) < 4.78 is 5.73. The molecule has 0 saturated carbocycles. The van der Waals surface area contributed by atoms with Crippen molar-refractivity contribution in [3.05, 3.63) is 35.5 Å². The van der Waals surface area contributed by atoms with Crippen molar-refractivity contribution in [2.75, 3.05) is 18.2 Å². The summed E-state index contributed by atoms with van der Waals surface area (Å²) in [6.45, 7) is 1.53. The molecule has 9 heteroatoms. The molecule has 0 spiro atoms. The van der Waals surface area contributed by atoms with E-state index in [1.807, 2.05) is 30.3 Å². The standard InChI is InChI=1S/C15H15N5O2S2/c1-9(17)12(7-16)13(21)8-23-15-20-19-14(24-15)18-10-3-5-11(22-2)6-4-10/h3-6H,8,17H2,1-2H3,(H,18,19)/b12-9+. The van der Waals surface area contributed by atoms with Crippen LogP contribution in [-0.2, 0) is 4.79 Å². The normalized spacial score (nSPS) is 11.4. The zero-order valence-electron chi connectivity index (χ0n) is 13.1. The minimum Gasteiger partial charge on any atom is -0.497 e. The number of methoxy groups -OCH3 is 1. The molecule has 0 unspecified atom stereocenters. The van der Waals surface area contributed by atoms with Gasteiger partial charge in [0.25, 0.3) is 0 Å². The van der Waals surface area contributed by atoms with Gasteiger partial charge in [0.1, 0.15) is 17.4 Å². The Kier molecular flexibility index (Phi) is 6.17. The predicted octanol–water partition coefficient (Wildman–Crippen LogP) is 2.71. The number of ketones is 1. The maximum absolute atomic E-state index is 11.9. The summed E-state index contributed by atoms with van der Waals surface area (Å²) in [5.74, 6) is 0.542. The van der Waals surface area contributed by atoms with Gasteiger partial charge >= 0.3 is 0 Å². The van der Waals surface area contributed by atoms with E-state index in [1.54, 1.807) is 7.11 Å². The molecule has 0 bridgehead atoms. The topological polar surface area (TPSA) is 114 Å². The van der Waals surface area contributed by atoms with Gasteiger partial charge in [-0.2, -0.15) is 5.26 Å². The number of hydrogen-bond acceptors (Lipinski definition) is 9. The van der Waals surface area contributed by atoms with E-state index < -0.39 is 0 Å². The fourth-order valence-electron chi connectivity index (χ4n) is 1.69. The van der Waals surface area contributed by atoms with Gasteiger partial charge in [-0.1, -0.05) is 23.1 Å². The second kappa shape index (κ2) is 8.33. The lowest BCUT2D eigenvalue weighted by Crippen LogP contribution is -2.10. The van der Waals surface area contributed by atoms with Crippen molar-refractivity contribution in [3.8, 4) is 11.8 Å². The van der Waals surface area contributed by atoms with E-state index in [0.717, 1.165) is 11.4 Å². The highest BCUT2D eigenvalue weighted by atomic mass is 32.2. The number of nitrogens with zero attached hydrogens (tertiary/aromatic N) is 3. The molecule has 1 heterocycles. The molecule has 2 aromatic rings. The molecule has 1 aromatic heterocycles. The Hall–Kier alpha value is -2.57. The van der Waals surface area contributed by atoms with Crippen molar-refractivity contribution < 1.29 is 9.53 Å². The highest BCUT2D eigenvalue weighted by Gasteiger charge is 2.14. The number of aromatic nitrogens is 2. The monoisotopic (exact) mass is 361 g/mol. The molecule has 2 rings (SSSR count). The SMILES string of the molecule is COc1ccc(Nc2nnc(SCC(=O)/C(C#N)=C(\C)N)s2)cc1. The van der Waals surface area contributed by atoms with Crippen LogP contribution in [0.2, 0.25) is 0 Å². The van der Waals surface area contributed by atoms with E-state index in [4.69, 9.17) is 15.7 Å². The third-order valence-corrected chi connectivity index (χ3v) is 4.83. The molecule has 3 N–H and O–H groups in total. The second-order valence-electron chi connectivity index (χ2n) is 4.61. The summed E-state index contributed by atoms with van der Waals surface area (Å²) in [5.41, 5.74) is 6.58. The minimum absolute atomic E-state index is 0.0106. The van der Waals surface area contributed by atoms with Gasteiger partial charge in [0.05, 0.1) is 12.9 Å². The molecule has 0 amide bonds. The molecule has 0 atom stereocenters. The molecular weight excluding hydrogens is 346 g/mol. The Morgan fingerprint density at radius 3 is 2.71 bits per heavy atom. The summed E-state index contributed by atoms with van der Waals surface area (Å²) in [7, 11) is 1.61. The number of nitriles is 1. The minimum atomic E-state index is -0.317. The Bertz CT molecular complexity index is 789. The Morgan fingerprint density at radius 2 is 2.12 bits per heavy atom. The number of carbonyl (C=O) groups is 1. The van der Waals surface area contributed by atoms with Crippen LogP contribution in [0.4, 0.5) is 10.8 Å². The van der Waals surface area contributed by atoms with Crippen LogP contribution < -0.4 is 15.8 Å². The summed E-state index contributed by atoms with van der Waals surface area (Å²) in [4.78, 5) is 11.9. The molecule has 0 fully saturated rings. The number of thioether (sulfide) groups is 1. The molecule has 1 aromatic carbocycles. The average Bonchev–Trinajstić information content (AvgIpc) is 3.01. The maximum Gasteiger partial charge on any atom is 0.210 e. The Balaban J connectivity index is 1.94. The van der Waals surface area contributed by atoms with E-state index in [2.05, 4.69) is 15.5 Å². The average molecular weight is 361 g/mol. The van der Waals surface area contributed by atoms with E-state index in [1.165, 1.54) is 30.0 Å². The summed E-state index contributed by atoms with van der Waals surface area (Å²) in [6.07, 6.45) is 0. The molecule has 24 heavy (non-hydrogen) atoms. The number of benzene rings is 1. The first kappa shape index (κ1) is 17.8. The smallest absolute Gasteiger partial charge is 0.210 e. The fourth-order valence-corrected chi connectivity index (χ4v) is 3.33. The van der Waals surface area contributed by atoms with Gasteiger partial charge in [0.2, 0.25) is 5.13 Å². The van der Waals surface area contributed by atoms with Gasteiger partial charge in [-0.05, 0) is 31.2 Å². The summed E-state index contributed by atoms with van der Waals surface area (Å²) in [5, 5.41) is 20.7. The van der Waals surface area contributed by atoms with Crippen LogP contribution in [0.3, 0.4) is 0 Å². The number of carbonyl (C=O) groups excluding carboxylic acids is 1. The van der Waals surface area contributed by atoms with Gasteiger partial charge in [-0.25, -0.2) is 0 Å². The van der Waals surface area contributed by atoms with Gasteiger partial charge in [0.15, 0.2) is 10.1 Å². The van der Waals surface area contributed by atoms with E-state index in [9.17, 15) is 4.79 Å². The largest absolute Gasteiger partial charge is 0.497 e. The number of nitrogens with two attached hydrogens (primary N) is 1. The first-order valence-corrected chi connectivity index (χ1v) is 8.60. The molecule has 0 aliphatic rings. The molecule has 0 aliphatic carbocycles. The number of hydrogen-bond donors (Lipinski definition) is 2. The van der Waals surface area contributed by atoms with Gasteiger partial charge in [0, 0.05) is 11.4 Å². The van der Waals surface area contributed by atoms with Crippen molar-refractivity contribution in [2.45, 2.75) is 11.3 Å². The van der Waals surface area contributed by atoms with E-state index >= 15 is 0 Å². The lowest BCUT2D eigenvalue weighted by atomic mass is 10.2. The van der Waals surface area contributed by atoms with Crippen LogP contribution in [0.5, 0.6) is 5.75 Å². The zero-order valence-corrected chi connectivity index (χ0v) is 14.7. The van der Waals surface area contributed by atoms with Crippen LogP contribution in [-0.4, -0.2) is 28.8 Å². The van der Waals surface area contributed by atoms with Crippen molar-refractivity contribution >= 4 is 39.7 Å². The van der Waals surface area contributed by atoms with Crippen molar-refractivity contribution in [3.63, 3.8) is 0 Å². The molecule has 0 aliphatic heterocycles. The van der Waals surface area contributed by atoms with Crippen LogP contribution in [0, 0.1) is 11.3 Å². The lowest BCUT2D eigenvalue weighted by Gasteiger charge is -2.03. The van der Waals surface area contributed by atoms with Crippen LogP contribution in [0.1, 0.15) is 6.92 Å². The molecule has 7 nitrogen and oxygen atoms in total. The highest BCUT2D eigenvalue weighted by molar-refractivity contribution is 8.01. The highest BCUT2D eigenvalue weighted by Crippen LogP contribution is 2.28. The number of Topliss-reactive ketones (excluding diaryl/α,β-unsaturated/α-hetero) is 1. The summed E-state index contributed by atoms with van der Waals surface area (Å²) in [6, 6.07) is 9.22. The van der Waals surface area contributed by atoms with Crippen molar-refractivity contribution in [1.29, 1.82) is 5.26 Å². The van der Waals surface area contributed by atoms with Crippen molar-refractivity contribution in [1.82, 2.24) is 10.2 Å². The van der Waals surface area contributed by atoms with E-state index in [-0.39, 0.29) is 22.8 Å². The number of allylic oxidation sites excluding steroid dienone is 2. The van der Waals surface area contributed by atoms with Gasteiger partial charge in [-0.15, -0.1) is 10.2 Å². The molecule has 124 valence electrons. The fraction of sp³-hybridized carbons (Fsp3) is 0.200. The van der Waals surface area contributed by atoms with Crippen LogP contribution >= 0.6 is 23.1 Å². The summed E-state index contributed by atoms with van der Waals surface area (Å²) >= 11 is 2.54. The van der Waals surface area contributed by atoms with E-state index in [0.29, 0.717) is 9.47 Å². The van der Waals surface area contributed by atoms with Gasteiger partial charge < -0.3 is 15.8 Å². The van der Waals surface area contributed by atoms with Crippen LogP contribution in [0.15, 0.2) is 39.9 Å². The number of ether oxygens (including phenoxy) is 1. The first-order chi connectivity index (χ1) is 11.5.